The number of furan rings is 1. The summed E-state index contributed by atoms with van der Waals surface area (Å²) in [5.41, 5.74) is 7.60. The molecule has 8 aromatic rings. The number of para-hydroxylation sites is 2. The van der Waals surface area contributed by atoms with E-state index in [0.29, 0.717) is 0 Å². The van der Waals surface area contributed by atoms with Gasteiger partial charge in [-0.3, -0.25) is 0 Å². The number of anilines is 3. The number of nitrogens with zero attached hydrogens (tertiary/aromatic N) is 1. The summed E-state index contributed by atoms with van der Waals surface area (Å²) in [4.78, 5) is 2.29. The summed E-state index contributed by atoms with van der Waals surface area (Å²) in [6, 6.07) is 53.6. The molecule has 40 heavy (non-hydrogen) atoms. The quantitative estimate of drug-likeness (QED) is 0.218. The molecule has 188 valence electrons. The molecule has 0 amide bonds. The van der Waals surface area contributed by atoms with E-state index in [1.807, 2.05) is 0 Å². The van der Waals surface area contributed by atoms with Crippen LogP contribution < -0.4 is 4.90 Å². The molecule has 2 nitrogen and oxygen atoms in total. The van der Waals surface area contributed by atoms with Crippen LogP contribution in [0.5, 0.6) is 0 Å². The van der Waals surface area contributed by atoms with E-state index in [4.69, 9.17) is 4.42 Å². The Labute approximate surface area is 232 Å². The number of hydrogen-bond donors (Lipinski definition) is 0. The lowest BCUT2D eigenvalue weighted by atomic mass is 9.96. The summed E-state index contributed by atoms with van der Waals surface area (Å²) in [7, 11) is 0. The van der Waals surface area contributed by atoms with Crippen molar-refractivity contribution in [3.8, 4) is 11.1 Å². The van der Waals surface area contributed by atoms with Crippen LogP contribution in [0.1, 0.15) is 0 Å². The van der Waals surface area contributed by atoms with Crippen LogP contribution in [0, 0.1) is 0 Å². The molecule has 0 N–H and O–H groups in total. The van der Waals surface area contributed by atoms with E-state index in [2.05, 4.69) is 157 Å². The Bertz CT molecular complexity index is 2100. The van der Waals surface area contributed by atoms with Crippen molar-refractivity contribution in [1.29, 1.82) is 0 Å². The Morgan fingerprint density at radius 3 is 1.52 bits per heavy atom. The Hall–Kier alpha value is -5.34. The van der Waals surface area contributed by atoms with Crippen LogP contribution in [0.2, 0.25) is 0 Å². The van der Waals surface area contributed by atoms with Gasteiger partial charge in [0.05, 0.1) is 0 Å². The summed E-state index contributed by atoms with van der Waals surface area (Å²) in [6.07, 6.45) is 0. The number of rotatable bonds is 4. The van der Waals surface area contributed by atoms with Gasteiger partial charge in [0.1, 0.15) is 11.2 Å². The van der Waals surface area contributed by atoms with Gasteiger partial charge in [-0.05, 0) is 75.8 Å². The minimum atomic E-state index is 0.913. The second-order valence-corrected chi connectivity index (χ2v) is 10.2. The van der Waals surface area contributed by atoms with E-state index in [0.717, 1.165) is 39.0 Å². The molecule has 0 aliphatic rings. The highest BCUT2D eigenvalue weighted by molar-refractivity contribution is 6.30. The fourth-order valence-electron chi connectivity index (χ4n) is 5.99. The monoisotopic (exact) mass is 511 g/mol. The van der Waals surface area contributed by atoms with Crippen LogP contribution in [-0.2, 0) is 0 Å². The molecule has 1 heterocycles. The van der Waals surface area contributed by atoms with Crippen molar-refractivity contribution >= 4 is 60.5 Å². The highest BCUT2D eigenvalue weighted by atomic mass is 16.3. The van der Waals surface area contributed by atoms with Crippen molar-refractivity contribution in [2.24, 2.45) is 0 Å². The van der Waals surface area contributed by atoms with E-state index in [1.165, 1.54) is 32.7 Å². The third-order valence-corrected chi connectivity index (χ3v) is 7.83. The zero-order chi connectivity index (χ0) is 26.5. The van der Waals surface area contributed by atoms with Crippen LogP contribution >= 0.6 is 0 Å². The minimum Gasteiger partial charge on any atom is -0.455 e. The summed E-state index contributed by atoms with van der Waals surface area (Å²) in [6.45, 7) is 0. The van der Waals surface area contributed by atoms with E-state index < -0.39 is 0 Å². The SMILES string of the molecule is c1ccc(N(c2ccccc2)c2ccc(-c3ccc4oc5c6ccccc6c6ccccc6c5c4c3)cc2)cc1. The first-order valence-electron chi connectivity index (χ1n) is 13.6. The standard InChI is InChI=1S/C38H25NO/c1-3-11-28(12-4-1)39(29-13-5-2-6-14-29)30-22-19-26(20-23-30)27-21-24-36-35(25-27)37-33-17-9-7-15-31(33)32-16-8-10-18-34(32)38(37)40-36/h1-25H. The first-order valence-corrected chi connectivity index (χ1v) is 13.6. The topological polar surface area (TPSA) is 16.4 Å². The molecule has 0 saturated heterocycles. The van der Waals surface area contributed by atoms with Gasteiger partial charge in [0.25, 0.3) is 0 Å². The van der Waals surface area contributed by atoms with Gasteiger partial charge in [0.15, 0.2) is 0 Å². The normalized spacial score (nSPS) is 11.5. The predicted molar refractivity (Wildman–Crippen MR) is 169 cm³/mol. The number of hydrogen-bond acceptors (Lipinski definition) is 2. The van der Waals surface area contributed by atoms with Crippen molar-refractivity contribution in [1.82, 2.24) is 0 Å². The van der Waals surface area contributed by atoms with Crippen LogP contribution in [0.3, 0.4) is 0 Å². The molecule has 0 unspecified atom stereocenters. The molecular weight excluding hydrogens is 486 g/mol. The predicted octanol–water partition coefficient (Wildman–Crippen LogP) is 11.0. The molecule has 0 atom stereocenters. The van der Waals surface area contributed by atoms with Crippen LogP contribution in [0.15, 0.2) is 156 Å². The minimum absolute atomic E-state index is 0.913. The smallest absolute Gasteiger partial charge is 0.143 e. The molecule has 0 fully saturated rings. The zero-order valence-electron chi connectivity index (χ0n) is 21.8. The molecule has 0 aliphatic heterocycles. The Balaban J connectivity index is 1.27. The largest absolute Gasteiger partial charge is 0.455 e. The van der Waals surface area contributed by atoms with Gasteiger partial charge < -0.3 is 9.32 Å². The Morgan fingerprint density at radius 1 is 0.375 bits per heavy atom. The summed E-state index contributed by atoms with van der Waals surface area (Å²) in [5, 5.41) is 7.19. The van der Waals surface area contributed by atoms with E-state index in [1.54, 1.807) is 0 Å². The molecule has 0 radical (unpaired) electrons. The van der Waals surface area contributed by atoms with Gasteiger partial charge >= 0.3 is 0 Å². The molecule has 8 rings (SSSR count). The van der Waals surface area contributed by atoms with Crippen LogP contribution in [-0.4, -0.2) is 0 Å². The zero-order valence-corrected chi connectivity index (χ0v) is 21.8. The second-order valence-electron chi connectivity index (χ2n) is 10.2. The average Bonchev–Trinajstić information content (AvgIpc) is 3.42. The van der Waals surface area contributed by atoms with Crippen molar-refractivity contribution in [2.45, 2.75) is 0 Å². The van der Waals surface area contributed by atoms with Crippen molar-refractivity contribution in [3.05, 3.63) is 152 Å². The van der Waals surface area contributed by atoms with Gasteiger partial charge in [-0.25, -0.2) is 0 Å². The lowest BCUT2D eigenvalue weighted by molar-refractivity contribution is 0.673. The molecule has 1 aromatic heterocycles. The summed E-state index contributed by atoms with van der Waals surface area (Å²) in [5.74, 6) is 0. The van der Waals surface area contributed by atoms with E-state index in [-0.39, 0.29) is 0 Å². The fourth-order valence-corrected chi connectivity index (χ4v) is 5.99. The Morgan fingerprint density at radius 2 is 0.875 bits per heavy atom. The van der Waals surface area contributed by atoms with Gasteiger partial charge in [-0.1, -0.05) is 103 Å². The third-order valence-electron chi connectivity index (χ3n) is 7.83. The lowest BCUT2D eigenvalue weighted by Crippen LogP contribution is -2.09. The molecule has 2 heteroatoms. The lowest BCUT2D eigenvalue weighted by Gasteiger charge is -2.25. The molecule has 7 aromatic carbocycles. The molecular formula is C38H25NO. The van der Waals surface area contributed by atoms with Gasteiger partial charge in [-0.15, -0.1) is 0 Å². The van der Waals surface area contributed by atoms with E-state index in [9.17, 15) is 0 Å². The second kappa shape index (κ2) is 9.14. The van der Waals surface area contributed by atoms with Crippen molar-refractivity contribution in [3.63, 3.8) is 0 Å². The molecule has 0 saturated carbocycles. The van der Waals surface area contributed by atoms with E-state index >= 15 is 0 Å². The molecule has 0 bridgehead atoms. The van der Waals surface area contributed by atoms with Gasteiger partial charge in [-0.2, -0.15) is 0 Å². The molecule has 0 spiro atoms. The maximum absolute atomic E-state index is 6.51. The maximum Gasteiger partial charge on any atom is 0.143 e. The highest BCUT2D eigenvalue weighted by Crippen LogP contribution is 2.42. The third kappa shape index (κ3) is 3.58. The Kier molecular flexibility index (Phi) is 5.17. The van der Waals surface area contributed by atoms with Crippen LogP contribution in [0.4, 0.5) is 17.1 Å². The first-order chi connectivity index (χ1) is 19.8. The number of benzene rings is 7. The van der Waals surface area contributed by atoms with Crippen molar-refractivity contribution in [2.75, 3.05) is 4.90 Å². The van der Waals surface area contributed by atoms with Gasteiger partial charge in [0.2, 0.25) is 0 Å². The highest BCUT2D eigenvalue weighted by Gasteiger charge is 2.17. The molecule has 0 aliphatic carbocycles. The summed E-state index contributed by atoms with van der Waals surface area (Å²) >= 11 is 0. The summed E-state index contributed by atoms with van der Waals surface area (Å²) < 4.78 is 6.51. The maximum atomic E-state index is 6.51. The average molecular weight is 512 g/mol. The first kappa shape index (κ1) is 22.6. The van der Waals surface area contributed by atoms with Crippen molar-refractivity contribution < 1.29 is 4.42 Å². The van der Waals surface area contributed by atoms with Gasteiger partial charge in [0, 0.05) is 33.2 Å². The fraction of sp³-hybridized carbons (Fsp3) is 0. The van der Waals surface area contributed by atoms with Crippen LogP contribution in [0.25, 0.3) is 54.6 Å². The number of fused-ring (bicyclic) bond motifs is 8.